The Bertz CT molecular complexity index is 462. The standard InChI is InChI=1S/C6H10N2OS.C6H5NO2/c1-9-4-2-7-6-8-3-5-10-6;8-7(9)6-4-2-1-3-5-6/h3,5H,2,4H2,1H3,(H,7,8);1-5H. The number of para-hydroxylation sites is 1. The van der Waals surface area contributed by atoms with Crippen LogP contribution in [0.25, 0.3) is 0 Å². The molecule has 1 aromatic heterocycles. The van der Waals surface area contributed by atoms with Gasteiger partial charge in [0.1, 0.15) is 0 Å². The number of aromatic nitrogens is 1. The third-order valence-electron chi connectivity index (χ3n) is 1.98. The summed E-state index contributed by atoms with van der Waals surface area (Å²) in [5, 5.41) is 16.0. The van der Waals surface area contributed by atoms with Crippen LogP contribution in [0.15, 0.2) is 41.9 Å². The number of non-ortho nitro benzene ring substituents is 1. The Morgan fingerprint density at radius 2 is 2.16 bits per heavy atom. The van der Waals surface area contributed by atoms with Gasteiger partial charge >= 0.3 is 0 Å². The van der Waals surface area contributed by atoms with Crippen molar-refractivity contribution in [3.8, 4) is 0 Å². The largest absolute Gasteiger partial charge is 0.383 e. The van der Waals surface area contributed by atoms with E-state index in [0.717, 1.165) is 18.3 Å². The first-order valence-electron chi connectivity index (χ1n) is 5.55. The SMILES string of the molecule is COCCNc1nccs1.O=[N+]([O-])c1ccccc1. The summed E-state index contributed by atoms with van der Waals surface area (Å²) in [4.78, 5) is 13.6. The van der Waals surface area contributed by atoms with Gasteiger partial charge in [-0.05, 0) is 0 Å². The van der Waals surface area contributed by atoms with Gasteiger partial charge in [0, 0.05) is 37.4 Å². The molecule has 0 unspecified atom stereocenters. The Kier molecular flexibility index (Phi) is 7.14. The molecule has 0 aliphatic carbocycles. The first kappa shape index (κ1) is 15.1. The molecule has 0 bridgehead atoms. The van der Waals surface area contributed by atoms with Crippen LogP contribution >= 0.6 is 11.3 Å². The van der Waals surface area contributed by atoms with Crippen LogP contribution in [0.3, 0.4) is 0 Å². The minimum Gasteiger partial charge on any atom is -0.383 e. The molecule has 0 saturated carbocycles. The van der Waals surface area contributed by atoms with Crippen LogP contribution in [0.2, 0.25) is 0 Å². The van der Waals surface area contributed by atoms with Crippen molar-refractivity contribution in [2.24, 2.45) is 0 Å². The van der Waals surface area contributed by atoms with Crippen molar-refractivity contribution in [1.82, 2.24) is 4.98 Å². The topological polar surface area (TPSA) is 77.3 Å². The van der Waals surface area contributed by atoms with Gasteiger partial charge in [0.2, 0.25) is 0 Å². The maximum Gasteiger partial charge on any atom is 0.269 e. The van der Waals surface area contributed by atoms with Crippen LogP contribution in [0, 0.1) is 10.1 Å². The van der Waals surface area contributed by atoms with Gasteiger partial charge < -0.3 is 10.1 Å². The lowest BCUT2D eigenvalue weighted by Crippen LogP contribution is -2.06. The van der Waals surface area contributed by atoms with Crippen molar-refractivity contribution in [1.29, 1.82) is 0 Å². The van der Waals surface area contributed by atoms with E-state index in [4.69, 9.17) is 4.74 Å². The van der Waals surface area contributed by atoms with Crippen molar-refractivity contribution < 1.29 is 9.66 Å². The zero-order valence-electron chi connectivity index (χ0n) is 10.5. The number of benzene rings is 1. The molecule has 7 heteroatoms. The number of nitro benzene ring substituents is 1. The summed E-state index contributed by atoms with van der Waals surface area (Å²) in [5.74, 6) is 0. The van der Waals surface area contributed by atoms with Gasteiger partial charge in [0.05, 0.1) is 11.5 Å². The Morgan fingerprint density at radius 3 is 2.63 bits per heavy atom. The molecule has 0 atom stereocenters. The Labute approximate surface area is 115 Å². The molecule has 2 aromatic rings. The van der Waals surface area contributed by atoms with Crippen LogP contribution in [0.4, 0.5) is 10.8 Å². The number of nitrogens with zero attached hydrogens (tertiary/aromatic N) is 2. The average molecular weight is 281 g/mol. The van der Waals surface area contributed by atoms with Gasteiger partial charge in [0.25, 0.3) is 5.69 Å². The molecule has 1 N–H and O–H groups in total. The lowest BCUT2D eigenvalue weighted by Gasteiger charge is -1.98. The summed E-state index contributed by atoms with van der Waals surface area (Å²) < 4.78 is 4.85. The van der Waals surface area contributed by atoms with Gasteiger partial charge in [-0.15, -0.1) is 11.3 Å². The number of nitrogens with one attached hydrogen (secondary N) is 1. The van der Waals surface area contributed by atoms with Gasteiger partial charge in [0.15, 0.2) is 5.13 Å². The molecule has 0 saturated heterocycles. The van der Waals surface area contributed by atoms with Crippen LogP contribution < -0.4 is 5.32 Å². The zero-order valence-corrected chi connectivity index (χ0v) is 11.3. The van der Waals surface area contributed by atoms with E-state index in [0.29, 0.717) is 0 Å². The third-order valence-corrected chi connectivity index (χ3v) is 2.71. The number of nitro groups is 1. The Hall–Kier alpha value is -1.99. The predicted molar refractivity (Wildman–Crippen MR) is 75.6 cm³/mol. The smallest absolute Gasteiger partial charge is 0.269 e. The van der Waals surface area contributed by atoms with Crippen molar-refractivity contribution in [3.63, 3.8) is 0 Å². The fourth-order valence-electron chi connectivity index (χ4n) is 1.12. The van der Waals surface area contributed by atoms with Crippen LogP contribution in [-0.4, -0.2) is 30.2 Å². The van der Waals surface area contributed by atoms with Gasteiger partial charge in [-0.2, -0.15) is 0 Å². The fraction of sp³-hybridized carbons (Fsp3) is 0.250. The monoisotopic (exact) mass is 281 g/mol. The molecule has 0 aliphatic heterocycles. The molecule has 0 amide bonds. The lowest BCUT2D eigenvalue weighted by molar-refractivity contribution is -0.384. The molecule has 1 aromatic carbocycles. The second-order valence-electron chi connectivity index (χ2n) is 3.35. The number of thiazole rings is 1. The highest BCUT2D eigenvalue weighted by atomic mass is 32.1. The van der Waals surface area contributed by atoms with Crippen LogP contribution in [0.5, 0.6) is 0 Å². The van der Waals surface area contributed by atoms with E-state index >= 15 is 0 Å². The Balaban J connectivity index is 0.000000191. The number of hydrogen-bond acceptors (Lipinski definition) is 6. The minimum atomic E-state index is -0.417. The maximum absolute atomic E-state index is 10.0. The predicted octanol–water partition coefficient (Wildman–Crippen LogP) is 2.80. The third kappa shape index (κ3) is 6.49. The van der Waals surface area contributed by atoms with Crippen LogP contribution in [0.1, 0.15) is 0 Å². The number of methoxy groups -OCH3 is 1. The maximum atomic E-state index is 10.0. The number of ether oxygens (including phenoxy) is 1. The first-order valence-corrected chi connectivity index (χ1v) is 6.43. The van der Waals surface area contributed by atoms with Gasteiger partial charge in [-0.25, -0.2) is 4.98 Å². The van der Waals surface area contributed by atoms with Crippen molar-refractivity contribution in [2.45, 2.75) is 0 Å². The normalized spacial score (nSPS) is 9.32. The summed E-state index contributed by atoms with van der Waals surface area (Å²) in [7, 11) is 1.68. The van der Waals surface area contributed by atoms with E-state index in [2.05, 4.69) is 10.3 Å². The molecule has 1 heterocycles. The zero-order chi connectivity index (χ0) is 13.9. The first-order chi connectivity index (χ1) is 9.24. The summed E-state index contributed by atoms with van der Waals surface area (Å²) in [6.07, 6.45) is 1.78. The van der Waals surface area contributed by atoms with E-state index in [9.17, 15) is 10.1 Å². The van der Waals surface area contributed by atoms with E-state index < -0.39 is 4.92 Å². The van der Waals surface area contributed by atoms with Crippen LogP contribution in [-0.2, 0) is 4.74 Å². The Morgan fingerprint density at radius 1 is 1.42 bits per heavy atom. The summed E-state index contributed by atoms with van der Waals surface area (Å²) in [6.45, 7) is 1.55. The average Bonchev–Trinajstić information content (AvgIpc) is 2.94. The second-order valence-corrected chi connectivity index (χ2v) is 4.24. The molecule has 0 aliphatic rings. The van der Waals surface area contributed by atoms with Crippen molar-refractivity contribution in [2.75, 3.05) is 25.6 Å². The molecular weight excluding hydrogens is 266 g/mol. The number of rotatable bonds is 5. The van der Waals surface area contributed by atoms with Crippen molar-refractivity contribution in [3.05, 3.63) is 52.0 Å². The van der Waals surface area contributed by atoms with E-state index in [1.54, 1.807) is 42.8 Å². The fourth-order valence-corrected chi connectivity index (χ4v) is 1.68. The molecule has 102 valence electrons. The molecule has 0 radical (unpaired) electrons. The number of anilines is 1. The molecule has 19 heavy (non-hydrogen) atoms. The highest BCUT2D eigenvalue weighted by Gasteiger charge is 1.98. The summed E-state index contributed by atoms with van der Waals surface area (Å²) >= 11 is 1.60. The van der Waals surface area contributed by atoms with Gasteiger partial charge in [-0.1, -0.05) is 18.2 Å². The quantitative estimate of drug-likeness (QED) is 0.518. The molecular formula is C12H15N3O3S. The molecule has 2 rings (SSSR count). The van der Waals surface area contributed by atoms with E-state index in [1.165, 1.54) is 12.1 Å². The second kappa shape index (κ2) is 9.01. The molecule has 6 nitrogen and oxygen atoms in total. The highest BCUT2D eigenvalue weighted by Crippen LogP contribution is 2.09. The van der Waals surface area contributed by atoms with Gasteiger partial charge in [-0.3, -0.25) is 10.1 Å². The van der Waals surface area contributed by atoms with E-state index in [-0.39, 0.29) is 5.69 Å². The van der Waals surface area contributed by atoms with E-state index in [1.807, 2.05) is 5.38 Å². The summed E-state index contributed by atoms with van der Waals surface area (Å²) in [5.41, 5.74) is 0.137. The summed E-state index contributed by atoms with van der Waals surface area (Å²) in [6, 6.07) is 7.93. The lowest BCUT2D eigenvalue weighted by atomic mass is 10.3. The highest BCUT2D eigenvalue weighted by molar-refractivity contribution is 7.13. The number of hydrogen-bond donors (Lipinski definition) is 1. The minimum absolute atomic E-state index is 0.137. The molecule has 0 spiro atoms. The van der Waals surface area contributed by atoms with Crippen molar-refractivity contribution >= 4 is 22.2 Å². The molecule has 0 fully saturated rings.